The summed E-state index contributed by atoms with van der Waals surface area (Å²) in [4.78, 5) is 26.7. The van der Waals surface area contributed by atoms with Crippen molar-refractivity contribution in [2.45, 2.75) is 13.2 Å². The maximum atomic E-state index is 12.8. The van der Waals surface area contributed by atoms with Crippen LogP contribution in [0, 0.1) is 0 Å². The van der Waals surface area contributed by atoms with E-state index in [0.717, 1.165) is 27.8 Å². The van der Waals surface area contributed by atoms with Gasteiger partial charge in [-0.1, -0.05) is 71.2 Å². The summed E-state index contributed by atoms with van der Waals surface area (Å²) in [6.07, 6.45) is 1.68. The lowest BCUT2D eigenvalue weighted by Gasteiger charge is -2.14. The smallest absolute Gasteiger partial charge is 0.293 e. The van der Waals surface area contributed by atoms with Crippen molar-refractivity contribution in [3.63, 3.8) is 0 Å². The number of carbonyl (C=O) groups excluding carboxylic acids is 2. The molecule has 1 saturated heterocycles. The van der Waals surface area contributed by atoms with Crippen LogP contribution >= 0.6 is 46.6 Å². The quantitative estimate of drug-likeness (QED) is 0.327. The van der Waals surface area contributed by atoms with Crippen LogP contribution in [0.5, 0.6) is 5.75 Å². The molecule has 4 nitrogen and oxygen atoms in total. The number of rotatable bonds is 6. The van der Waals surface area contributed by atoms with Gasteiger partial charge in [0.1, 0.15) is 12.4 Å². The van der Waals surface area contributed by atoms with Crippen molar-refractivity contribution in [1.29, 1.82) is 0 Å². The highest BCUT2D eigenvalue weighted by atomic mass is 35.5. The monoisotopic (exact) mass is 503 g/mol. The maximum Gasteiger partial charge on any atom is 0.293 e. The molecule has 0 spiro atoms. The molecule has 0 bridgehead atoms. The number of nitrogens with zero attached hydrogens (tertiary/aromatic N) is 1. The molecule has 3 aromatic carbocycles. The maximum absolute atomic E-state index is 12.8. The van der Waals surface area contributed by atoms with Gasteiger partial charge in [-0.15, -0.1) is 0 Å². The summed E-state index contributed by atoms with van der Waals surface area (Å²) < 4.78 is 5.78. The Bertz CT molecular complexity index is 1190. The van der Waals surface area contributed by atoms with Gasteiger partial charge in [0, 0.05) is 26.2 Å². The van der Waals surface area contributed by atoms with Crippen molar-refractivity contribution in [3.8, 4) is 5.75 Å². The predicted octanol–water partition coefficient (Wildman–Crippen LogP) is 7.46. The molecule has 1 heterocycles. The Morgan fingerprint density at radius 2 is 1.50 bits per heavy atom. The van der Waals surface area contributed by atoms with Crippen LogP contribution in [0.1, 0.15) is 16.7 Å². The van der Waals surface area contributed by atoms with E-state index in [1.165, 1.54) is 0 Å². The molecule has 32 heavy (non-hydrogen) atoms. The Labute approximate surface area is 204 Å². The van der Waals surface area contributed by atoms with Crippen molar-refractivity contribution in [2.75, 3.05) is 0 Å². The highest BCUT2D eigenvalue weighted by Gasteiger charge is 2.35. The van der Waals surface area contributed by atoms with Crippen LogP contribution in [0.3, 0.4) is 0 Å². The second-order valence-electron chi connectivity index (χ2n) is 6.92. The average molecular weight is 505 g/mol. The number of benzene rings is 3. The van der Waals surface area contributed by atoms with E-state index in [4.69, 9.17) is 39.5 Å². The van der Waals surface area contributed by atoms with Crippen LogP contribution in [-0.2, 0) is 17.9 Å². The molecule has 2 amide bonds. The number of halogens is 3. The fourth-order valence-corrected chi connectivity index (χ4v) is 4.61. The Morgan fingerprint density at radius 3 is 2.19 bits per heavy atom. The minimum atomic E-state index is -0.380. The van der Waals surface area contributed by atoms with E-state index in [9.17, 15) is 9.59 Å². The van der Waals surface area contributed by atoms with E-state index in [1.807, 2.05) is 36.4 Å². The van der Waals surface area contributed by atoms with Gasteiger partial charge >= 0.3 is 0 Å². The third kappa shape index (κ3) is 5.13. The largest absolute Gasteiger partial charge is 0.489 e. The third-order valence-electron chi connectivity index (χ3n) is 4.78. The summed E-state index contributed by atoms with van der Waals surface area (Å²) in [5.41, 5.74) is 2.21. The lowest BCUT2D eigenvalue weighted by atomic mass is 10.2. The normalized spacial score (nSPS) is 15.0. The summed E-state index contributed by atoms with van der Waals surface area (Å²) in [5.74, 6) is 0.290. The fourth-order valence-electron chi connectivity index (χ4n) is 3.07. The number of amides is 2. The summed E-state index contributed by atoms with van der Waals surface area (Å²) in [6.45, 7) is 0.373. The standard InChI is InChI=1S/C24H16Cl3NO3S/c25-19-5-2-1-4-16(19)14-31-17-10-8-15(9-11-17)12-22-23(29)28(24(30)32-22)13-18-20(26)6-3-7-21(18)27/h1-12H,13-14H2/b22-12+. The van der Waals surface area contributed by atoms with Crippen molar-refractivity contribution >= 4 is 63.8 Å². The van der Waals surface area contributed by atoms with Gasteiger partial charge in [-0.2, -0.15) is 0 Å². The Hall–Kier alpha value is -2.44. The van der Waals surface area contributed by atoms with Gasteiger partial charge < -0.3 is 4.74 Å². The van der Waals surface area contributed by atoms with Crippen LogP contribution < -0.4 is 4.74 Å². The minimum absolute atomic E-state index is 0.0232. The van der Waals surface area contributed by atoms with Crippen LogP contribution in [0.4, 0.5) is 4.79 Å². The Balaban J connectivity index is 1.44. The zero-order valence-electron chi connectivity index (χ0n) is 16.6. The topological polar surface area (TPSA) is 46.6 Å². The van der Waals surface area contributed by atoms with Crippen LogP contribution in [-0.4, -0.2) is 16.0 Å². The first-order valence-corrected chi connectivity index (χ1v) is 11.5. The van der Waals surface area contributed by atoms with Crippen LogP contribution in [0.25, 0.3) is 6.08 Å². The average Bonchev–Trinajstić information content (AvgIpc) is 3.04. The predicted molar refractivity (Wildman–Crippen MR) is 130 cm³/mol. The third-order valence-corrected chi connectivity index (χ3v) is 6.77. The molecule has 162 valence electrons. The van der Waals surface area contributed by atoms with Gasteiger partial charge in [0.15, 0.2) is 0 Å². The van der Waals surface area contributed by atoms with Gasteiger partial charge in [-0.05, 0) is 53.7 Å². The summed E-state index contributed by atoms with van der Waals surface area (Å²) >= 11 is 19.4. The Kier molecular flexibility index (Phi) is 7.11. The number of thioether (sulfide) groups is 1. The summed E-state index contributed by atoms with van der Waals surface area (Å²) in [5, 5.41) is 1.11. The van der Waals surface area contributed by atoms with Crippen molar-refractivity contribution in [1.82, 2.24) is 4.90 Å². The van der Waals surface area contributed by atoms with Gasteiger partial charge in [0.2, 0.25) is 0 Å². The van der Waals surface area contributed by atoms with E-state index in [2.05, 4.69) is 0 Å². The van der Waals surface area contributed by atoms with Gasteiger partial charge in [0.25, 0.3) is 11.1 Å². The number of hydrogen-bond acceptors (Lipinski definition) is 4. The second-order valence-corrected chi connectivity index (χ2v) is 9.13. The molecule has 0 aromatic heterocycles. The van der Waals surface area contributed by atoms with Gasteiger partial charge in [-0.3, -0.25) is 14.5 Å². The molecular weight excluding hydrogens is 489 g/mol. The van der Waals surface area contributed by atoms with E-state index < -0.39 is 0 Å². The first kappa shape index (κ1) is 22.7. The Morgan fingerprint density at radius 1 is 0.844 bits per heavy atom. The van der Waals surface area contributed by atoms with Crippen molar-refractivity contribution in [2.24, 2.45) is 0 Å². The summed E-state index contributed by atoms with van der Waals surface area (Å²) in [6, 6.07) is 19.8. The molecule has 8 heteroatoms. The molecule has 0 N–H and O–H groups in total. The van der Waals surface area contributed by atoms with Gasteiger partial charge in [0.05, 0.1) is 11.4 Å². The van der Waals surface area contributed by atoms with E-state index >= 15 is 0 Å². The van der Waals surface area contributed by atoms with Crippen LogP contribution in [0.15, 0.2) is 71.6 Å². The zero-order chi connectivity index (χ0) is 22.7. The molecule has 1 aliphatic heterocycles. The minimum Gasteiger partial charge on any atom is -0.489 e. The molecule has 4 rings (SSSR count). The molecule has 0 atom stereocenters. The molecule has 0 radical (unpaired) electrons. The first-order valence-electron chi connectivity index (χ1n) is 9.57. The number of hydrogen-bond donors (Lipinski definition) is 0. The lowest BCUT2D eigenvalue weighted by Crippen LogP contribution is -2.27. The second kappa shape index (κ2) is 10.0. The molecule has 1 aliphatic rings. The molecule has 0 aliphatic carbocycles. The van der Waals surface area contributed by atoms with E-state index in [0.29, 0.717) is 37.9 Å². The zero-order valence-corrected chi connectivity index (χ0v) is 19.6. The number of carbonyl (C=O) groups is 2. The van der Waals surface area contributed by atoms with Crippen molar-refractivity contribution < 1.29 is 14.3 Å². The fraction of sp³-hybridized carbons (Fsp3) is 0.0833. The van der Waals surface area contributed by atoms with Crippen molar-refractivity contribution in [3.05, 3.63) is 103 Å². The lowest BCUT2D eigenvalue weighted by molar-refractivity contribution is -0.123. The van der Waals surface area contributed by atoms with Gasteiger partial charge in [-0.25, -0.2) is 0 Å². The highest BCUT2D eigenvalue weighted by molar-refractivity contribution is 8.18. The number of ether oxygens (including phenoxy) is 1. The summed E-state index contributed by atoms with van der Waals surface area (Å²) in [7, 11) is 0. The van der Waals surface area contributed by atoms with E-state index in [-0.39, 0.29) is 17.7 Å². The molecule has 3 aromatic rings. The molecule has 1 fully saturated rings. The molecular formula is C24H16Cl3NO3S. The molecule has 0 saturated carbocycles. The molecule has 0 unspecified atom stereocenters. The first-order chi connectivity index (χ1) is 15.4. The highest BCUT2D eigenvalue weighted by Crippen LogP contribution is 2.35. The number of imide groups is 1. The van der Waals surface area contributed by atoms with E-state index in [1.54, 1.807) is 36.4 Å². The van der Waals surface area contributed by atoms with Crippen LogP contribution in [0.2, 0.25) is 15.1 Å². The SMILES string of the molecule is O=C1S/C(=C/c2ccc(OCc3ccccc3Cl)cc2)C(=O)N1Cc1c(Cl)cccc1Cl.